The standard InChI is InChI=1S/C20H19F3N4O2/c21-20(22,23)16-15(8-7-14-17(16)25-26-27(14)10-11-3-4-11)29-19-13(2-1-9-24-19)18(28)12-5-6-12/h1-2,7-9,11-12,18,28H,3-6,10H2. The van der Waals surface area contributed by atoms with E-state index in [0.717, 1.165) is 25.7 Å². The average Bonchev–Trinajstić information content (AvgIpc) is 3.59. The lowest BCUT2D eigenvalue weighted by Gasteiger charge is -2.17. The zero-order chi connectivity index (χ0) is 20.2. The predicted molar refractivity (Wildman–Crippen MR) is 97.2 cm³/mol. The van der Waals surface area contributed by atoms with Gasteiger partial charge in [0.2, 0.25) is 5.88 Å². The highest BCUT2D eigenvalue weighted by molar-refractivity contribution is 5.81. The highest BCUT2D eigenvalue weighted by atomic mass is 19.4. The van der Waals surface area contributed by atoms with Crippen molar-refractivity contribution < 1.29 is 23.0 Å². The first kappa shape index (κ1) is 18.4. The molecule has 0 bridgehead atoms. The maximum absolute atomic E-state index is 13.9. The molecule has 9 heteroatoms. The van der Waals surface area contributed by atoms with Crippen LogP contribution in [0, 0.1) is 11.8 Å². The molecule has 0 amide bonds. The summed E-state index contributed by atoms with van der Waals surface area (Å²) in [5, 5.41) is 18.2. The van der Waals surface area contributed by atoms with Gasteiger partial charge >= 0.3 is 6.18 Å². The van der Waals surface area contributed by atoms with Crippen LogP contribution in [0.15, 0.2) is 30.5 Å². The fourth-order valence-corrected chi connectivity index (χ4v) is 3.54. The van der Waals surface area contributed by atoms with E-state index in [1.807, 2.05) is 0 Å². The van der Waals surface area contributed by atoms with E-state index in [1.165, 1.54) is 16.9 Å². The van der Waals surface area contributed by atoms with Gasteiger partial charge in [0, 0.05) is 18.3 Å². The summed E-state index contributed by atoms with van der Waals surface area (Å²) in [6.07, 6.45) is -0.203. The Hall–Kier alpha value is -2.68. The van der Waals surface area contributed by atoms with E-state index in [-0.39, 0.29) is 17.3 Å². The Morgan fingerprint density at radius 2 is 1.97 bits per heavy atom. The van der Waals surface area contributed by atoms with Crippen LogP contribution in [0.1, 0.15) is 42.9 Å². The van der Waals surface area contributed by atoms with E-state index in [4.69, 9.17) is 4.74 Å². The Balaban J connectivity index is 1.57. The largest absolute Gasteiger partial charge is 0.438 e. The number of ether oxygens (including phenoxy) is 1. The first-order valence-electron chi connectivity index (χ1n) is 9.66. The average molecular weight is 404 g/mol. The van der Waals surface area contributed by atoms with Crippen LogP contribution in [0.4, 0.5) is 13.2 Å². The molecule has 0 radical (unpaired) electrons. The molecule has 2 fully saturated rings. The number of pyridine rings is 1. The third-order valence-electron chi connectivity index (χ3n) is 5.46. The van der Waals surface area contributed by atoms with Crippen molar-refractivity contribution in [3.8, 4) is 11.6 Å². The second kappa shape index (κ2) is 6.69. The molecule has 1 atom stereocenters. The molecule has 2 aliphatic rings. The van der Waals surface area contributed by atoms with Crippen LogP contribution in [0.25, 0.3) is 11.0 Å². The lowest BCUT2D eigenvalue weighted by molar-refractivity contribution is -0.137. The molecule has 1 aromatic carbocycles. The van der Waals surface area contributed by atoms with E-state index >= 15 is 0 Å². The van der Waals surface area contributed by atoms with Crippen molar-refractivity contribution in [3.63, 3.8) is 0 Å². The molecule has 0 saturated heterocycles. The maximum Gasteiger partial charge on any atom is 0.422 e. The number of benzene rings is 1. The number of rotatable bonds is 6. The predicted octanol–water partition coefficient (Wildman–Crippen LogP) is 4.49. The molecular formula is C20H19F3N4O2. The number of aliphatic hydroxyl groups excluding tert-OH is 1. The first-order chi connectivity index (χ1) is 13.9. The van der Waals surface area contributed by atoms with E-state index in [9.17, 15) is 18.3 Å². The lowest BCUT2D eigenvalue weighted by atomic mass is 10.1. The van der Waals surface area contributed by atoms with Crippen LogP contribution in [-0.4, -0.2) is 25.1 Å². The van der Waals surface area contributed by atoms with Gasteiger partial charge < -0.3 is 9.84 Å². The van der Waals surface area contributed by atoms with Gasteiger partial charge in [0.15, 0.2) is 0 Å². The first-order valence-corrected chi connectivity index (χ1v) is 9.66. The number of hydrogen-bond donors (Lipinski definition) is 1. The number of fused-ring (bicyclic) bond motifs is 1. The van der Waals surface area contributed by atoms with E-state index < -0.39 is 23.6 Å². The van der Waals surface area contributed by atoms with Gasteiger partial charge in [-0.2, -0.15) is 13.2 Å². The molecule has 152 valence electrons. The van der Waals surface area contributed by atoms with E-state index in [0.29, 0.717) is 23.5 Å². The molecular weight excluding hydrogens is 385 g/mol. The van der Waals surface area contributed by atoms with Crippen LogP contribution in [0.5, 0.6) is 11.6 Å². The summed E-state index contributed by atoms with van der Waals surface area (Å²) in [5.41, 5.74) is -0.498. The summed E-state index contributed by atoms with van der Waals surface area (Å²) in [4.78, 5) is 4.07. The van der Waals surface area contributed by atoms with Crippen molar-refractivity contribution in [2.45, 2.75) is 44.5 Å². The van der Waals surface area contributed by atoms with Crippen molar-refractivity contribution in [1.82, 2.24) is 20.0 Å². The second-order valence-corrected chi connectivity index (χ2v) is 7.80. The number of aromatic nitrogens is 4. The monoisotopic (exact) mass is 404 g/mol. The molecule has 2 saturated carbocycles. The molecule has 0 aliphatic heterocycles. The summed E-state index contributed by atoms with van der Waals surface area (Å²) in [6, 6.07) is 6.08. The van der Waals surface area contributed by atoms with Gasteiger partial charge in [-0.15, -0.1) is 5.10 Å². The Labute approximate surface area is 164 Å². The highest BCUT2D eigenvalue weighted by Gasteiger charge is 2.40. The summed E-state index contributed by atoms with van der Waals surface area (Å²) >= 11 is 0. The Kier molecular flexibility index (Phi) is 4.23. The summed E-state index contributed by atoms with van der Waals surface area (Å²) < 4.78 is 48.9. The molecule has 2 heterocycles. The molecule has 6 nitrogen and oxygen atoms in total. The maximum atomic E-state index is 13.9. The van der Waals surface area contributed by atoms with E-state index in [2.05, 4.69) is 15.3 Å². The molecule has 2 aliphatic carbocycles. The van der Waals surface area contributed by atoms with Gasteiger partial charge in [0.05, 0.1) is 11.6 Å². The molecule has 0 spiro atoms. The Bertz CT molecular complexity index is 1060. The third-order valence-corrected chi connectivity index (χ3v) is 5.46. The van der Waals surface area contributed by atoms with Gasteiger partial charge in [0.25, 0.3) is 0 Å². The SMILES string of the molecule is OC(c1cccnc1Oc1ccc2c(nnn2CC2CC2)c1C(F)(F)F)C1CC1. The van der Waals surface area contributed by atoms with Gasteiger partial charge in [-0.3, -0.25) is 0 Å². The van der Waals surface area contributed by atoms with Crippen molar-refractivity contribution in [3.05, 3.63) is 41.6 Å². The zero-order valence-electron chi connectivity index (χ0n) is 15.4. The minimum absolute atomic E-state index is 0.0258. The summed E-state index contributed by atoms with van der Waals surface area (Å²) in [5.74, 6) is 0.118. The zero-order valence-corrected chi connectivity index (χ0v) is 15.4. The van der Waals surface area contributed by atoms with Crippen molar-refractivity contribution in [1.29, 1.82) is 0 Å². The van der Waals surface area contributed by atoms with Crippen molar-refractivity contribution in [2.75, 3.05) is 0 Å². The highest BCUT2D eigenvalue weighted by Crippen LogP contribution is 2.46. The molecule has 29 heavy (non-hydrogen) atoms. The number of halogens is 3. The third kappa shape index (κ3) is 3.55. The normalized spacial score (nSPS) is 18.2. The molecule has 5 rings (SSSR count). The fourth-order valence-electron chi connectivity index (χ4n) is 3.54. The topological polar surface area (TPSA) is 73.1 Å². The summed E-state index contributed by atoms with van der Waals surface area (Å²) in [6.45, 7) is 0.561. The summed E-state index contributed by atoms with van der Waals surface area (Å²) in [7, 11) is 0. The quantitative estimate of drug-likeness (QED) is 0.655. The van der Waals surface area contributed by atoms with Crippen LogP contribution >= 0.6 is 0 Å². The number of alkyl halides is 3. The molecule has 2 aromatic heterocycles. The molecule has 3 aromatic rings. The van der Waals surface area contributed by atoms with Gasteiger partial charge in [-0.25, -0.2) is 9.67 Å². The number of hydrogen-bond acceptors (Lipinski definition) is 5. The van der Waals surface area contributed by atoms with Gasteiger partial charge in [0.1, 0.15) is 16.8 Å². The number of aliphatic hydroxyl groups is 1. The minimum Gasteiger partial charge on any atom is -0.438 e. The van der Waals surface area contributed by atoms with Gasteiger partial charge in [-0.1, -0.05) is 5.21 Å². The van der Waals surface area contributed by atoms with Crippen molar-refractivity contribution >= 4 is 11.0 Å². The molecule has 1 unspecified atom stereocenters. The van der Waals surface area contributed by atoms with Crippen molar-refractivity contribution in [2.24, 2.45) is 11.8 Å². The molecule has 1 N–H and O–H groups in total. The number of nitrogens with zero attached hydrogens (tertiary/aromatic N) is 4. The van der Waals surface area contributed by atoms with E-state index in [1.54, 1.807) is 18.2 Å². The second-order valence-electron chi connectivity index (χ2n) is 7.80. The lowest BCUT2D eigenvalue weighted by Crippen LogP contribution is -2.10. The Morgan fingerprint density at radius 3 is 2.66 bits per heavy atom. The van der Waals surface area contributed by atoms with Crippen LogP contribution in [-0.2, 0) is 12.7 Å². The van der Waals surface area contributed by atoms with Gasteiger partial charge in [-0.05, 0) is 61.8 Å². The van der Waals surface area contributed by atoms with Crippen LogP contribution < -0.4 is 4.74 Å². The minimum atomic E-state index is -4.68. The fraction of sp³-hybridized carbons (Fsp3) is 0.450. The van der Waals surface area contributed by atoms with Crippen LogP contribution in [0.3, 0.4) is 0 Å². The Morgan fingerprint density at radius 1 is 1.17 bits per heavy atom. The van der Waals surface area contributed by atoms with Crippen LogP contribution in [0.2, 0.25) is 0 Å². The smallest absolute Gasteiger partial charge is 0.422 e.